The van der Waals surface area contributed by atoms with Crippen LogP contribution in [0.3, 0.4) is 0 Å². The van der Waals surface area contributed by atoms with Gasteiger partial charge in [0.1, 0.15) is 5.76 Å². The fourth-order valence-corrected chi connectivity index (χ4v) is 3.43. The van der Waals surface area contributed by atoms with E-state index in [4.69, 9.17) is 21.4 Å². The molecule has 1 aliphatic rings. The number of carboxylic acid groups (broad SMARTS) is 1. The Morgan fingerprint density at radius 2 is 1.80 bits per heavy atom. The number of ketones is 1. The van der Waals surface area contributed by atoms with Crippen molar-refractivity contribution in [2.75, 3.05) is 13.7 Å². The van der Waals surface area contributed by atoms with E-state index in [0.717, 1.165) is 4.90 Å². The van der Waals surface area contributed by atoms with Gasteiger partial charge in [0, 0.05) is 17.1 Å². The van der Waals surface area contributed by atoms with E-state index in [0.29, 0.717) is 10.6 Å². The van der Waals surface area contributed by atoms with Crippen molar-refractivity contribution < 1.29 is 34.4 Å². The van der Waals surface area contributed by atoms with Crippen LogP contribution in [0.15, 0.2) is 48.0 Å². The van der Waals surface area contributed by atoms with Crippen LogP contribution in [0.5, 0.6) is 11.5 Å². The second-order valence-corrected chi connectivity index (χ2v) is 7.01. The minimum Gasteiger partial charge on any atom is -0.507 e. The molecule has 0 aromatic heterocycles. The lowest BCUT2D eigenvalue weighted by Gasteiger charge is -2.25. The molecule has 1 amide bonds. The van der Waals surface area contributed by atoms with Crippen LogP contribution in [-0.2, 0) is 14.4 Å². The Morgan fingerprint density at radius 1 is 1.13 bits per heavy atom. The Bertz CT molecular complexity index is 1050. The highest BCUT2D eigenvalue weighted by molar-refractivity contribution is 6.46. The standard InChI is InChI=1S/C21H18ClNO7/c1-30-15-10-12(4-7-14(15)24)18-17(19(27)11-2-5-13(22)6-3-11)20(28)21(29)23(18)9-8-16(25)26/h2-7,10,18,24,27H,8-9H2,1H3,(H,25,26)/b19-17-. The quantitative estimate of drug-likeness (QED) is 0.365. The molecule has 3 N–H and O–H groups in total. The van der Waals surface area contributed by atoms with Gasteiger partial charge in [-0.25, -0.2) is 0 Å². The molecule has 1 saturated heterocycles. The molecular formula is C21H18ClNO7. The number of likely N-dealkylation sites (tertiary alicyclic amines) is 1. The van der Waals surface area contributed by atoms with Gasteiger partial charge in [-0.3, -0.25) is 14.4 Å². The summed E-state index contributed by atoms with van der Waals surface area (Å²) >= 11 is 5.87. The molecule has 0 spiro atoms. The number of aliphatic hydroxyl groups excluding tert-OH is 1. The summed E-state index contributed by atoms with van der Waals surface area (Å²) in [5, 5.41) is 30.2. The Morgan fingerprint density at radius 3 is 2.40 bits per heavy atom. The van der Waals surface area contributed by atoms with Crippen LogP contribution >= 0.6 is 11.6 Å². The van der Waals surface area contributed by atoms with Gasteiger partial charge in [0.2, 0.25) is 0 Å². The number of hydrogen-bond donors (Lipinski definition) is 3. The lowest BCUT2D eigenvalue weighted by atomic mass is 9.95. The molecule has 30 heavy (non-hydrogen) atoms. The van der Waals surface area contributed by atoms with Crippen molar-refractivity contribution in [2.24, 2.45) is 0 Å². The third-order valence-corrected chi connectivity index (χ3v) is 5.00. The van der Waals surface area contributed by atoms with Crippen molar-refractivity contribution in [3.05, 3.63) is 64.2 Å². The Balaban J connectivity index is 2.18. The predicted molar refractivity (Wildman–Crippen MR) is 107 cm³/mol. The number of aliphatic carboxylic acids is 1. The monoisotopic (exact) mass is 431 g/mol. The molecule has 1 fully saturated rings. The van der Waals surface area contributed by atoms with Gasteiger partial charge in [-0.05, 0) is 42.0 Å². The Labute approximate surface area is 176 Å². The van der Waals surface area contributed by atoms with E-state index in [1.165, 1.54) is 49.6 Å². The first kappa shape index (κ1) is 21.2. The fourth-order valence-electron chi connectivity index (χ4n) is 3.30. The zero-order valence-electron chi connectivity index (χ0n) is 15.8. The third-order valence-electron chi connectivity index (χ3n) is 4.74. The van der Waals surface area contributed by atoms with Gasteiger partial charge in [-0.15, -0.1) is 0 Å². The number of ether oxygens (including phenoxy) is 1. The lowest BCUT2D eigenvalue weighted by Crippen LogP contribution is -2.31. The molecule has 156 valence electrons. The highest BCUT2D eigenvalue weighted by Crippen LogP contribution is 2.41. The van der Waals surface area contributed by atoms with Crippen LogP contribution in [0, 0.1) is 0 Å². The predicted octanol–water partition coefficient (Wildman–Crippen LogP) is 2.95. The molecule has 3 rings (SSSR count). The van der Waals surface area contributed by atoms with Crippen LogP contribution in [0.4, 0.5) is 0 Å². The number of phenols is 1. The van der Waals surface area contributed by atoms with Crippen molar-refractivity contribution in [1.82, 2.24) is 4.90 Å². The third kappa shape index (κ3) is 3.95. The van der Waals surface area contributed by atoms with Crippen LogP contribution in [0.2, 0.25) is 5.02 Å². The smallest absolute Gasteiger partial charge is 0.305 e. The maximum atomic E-state index is 12.8. The number of Topliss-reactive ketones (excluding diaryl/α,β-unsaturated/α-hetero) is 1. The van der Waals surface area contributed by atoms with Crippen molar-refractivity contribution in [2.45, 2.75) is 12.5 Å². The number of hydrogen-bond acceptors (Lipinski definition) is 6. The van der Waals surface area contributed by atoms with E-state index >= 15 is 0 Å². The number of amides is 1. The molecule has 2 aromatic rings. The minimum atomic E-state index is -1.14. The zero-order valence-corrected chi connectivity index (χ0v) is 16.6. The fraction of sp³-hybridized carbons (Fsp3) is 0.190. The summed E-state index contributed by atoms with van der Waals surface area (Å²) < 4.78 is 5.10. The number of phenolic OH excluding ortho intramolecular Hbond substituents is 1. The van der Waals surface area contributed by atoms with Gasteiger partial charge in [0.05, 0.1) is 25.1 Å². The summed E-state index contributed by atoms with van der Waals surface area (Å²) in [6.45, 7) is -0.245. The summed E-state index contributed by atoms with van der Waals surface area (Å²) in [6.07, 6.45) is -0.389. The normalized spacial score (nSPS) is 17.9. The molecule has 0 radical (unpaired) electrons. The number of aromatic hydroxyl groups is 1. The van der Waals surface area contributed by atoms with Gasteiger partial charge < -0.3 is 25.0 Å². The summed E-state index contributed by atoms with van der Waals surface area (Å²) in [5.41, 5.74) is 0.441. The molecule has 0 aliphatic carbocycles. The molecular weight excluding hydrogens is 414 g/mol. The first-order chi connectivity index (χ1) is 14.2. The van der Waals surface area contributed by atoms with Crippen molar-refractivity contribution in [3.8, 4) is 11.5 Å². The number of carbonyl (C=O) groups is 3. The zero-order chi connectivity index (χ0) is 22.0. The molecule has 0 bridgehead atoms. The molecule has 2 aromatic carbocycles. The van der Waals surface area contributed by atoms with E-state index in [-0.39, 0.29) is 35.6 Å². The number of rotatable bonds is 6. The first-order valence-electron chi connectivity index (χ1n) is 8.87. The molecule has 8 nitrogen and oxygen atoms in total. The Kier molecular flexibility index (Phi) is 5.98. The highest BCUT2D eigenvalue weighted by Gasteiger charge is 2.46. The number of methoxy groups -OCH3 is 1. The van der Waals surface area contributed by atoms with E-state index in [9.17, 15) is 24.6 Å². The average Bonchev–Trinajstić information content (AvgIpc) is 2.97. The van der Waals surface area contributed by atoms with Crippen LogP contribution < -0.4 is 4.74 Å². The van der Waals surface area contributed by atoms with Gasteiger partial charge in [-0.2, -0.15) is 0 Å². The molecule has 0 saturated carbocycles. The van der Waals surface area contributed by atoms with Gasteiger partial charge in [-0.1, -0.05) is 17.7 Å². The minimum absolute atomic E-state index is 0.0998. The van der Waals surface area contributed by atoms with Crippen molar-refractivity contribution >= 4 is 35.0 Å². The largest absolute Gasteiger partial charge is 0.507 e. The Hall–Kier alpha value is -3.52. The SMILES string of the molecule is COc1cc(C2/C(=C(/O)c3ccc(Cl)cc3)C(=O)C(=O)N2CCC(=O)O)ccc1O. The molecule has 1 heterocycles. The number of carboxylic acids is 1. The lowest BCUT2D eigenvalue weighted by molar-refractivity contribution is -0.142. The van der Waals surface area contributed by atoms with E-state index in [1.807, 2.05) is 0 Å². The summed E-state index contributed by atoms with van der Waals surface area (Å²) in [6, 6.07) is 9.20. The molecule has 9 heteroatoms. The molecule has 1 aliphatic heterocycles. The molecule has 1 unspecified atom stereocenters. The maximum Gasteiger partial charge on any atom is 0.305 e. The van der Waals surface area contributed by atoms with Gasteiger partial charge in [0.25, 0.3) is 11.7 Å². The van der Waals surface area contributed by atoms with E-state index in [2.05, 4.69) is 0 Å². The summed E-state index contributed by atoms with van der Waals surface area (Å²) in [4.78, 5) is 37.6. The van der Waals surface area contributed by atoms with E-state index in [1.54, 1.807) is 0 Å². The van der Waals surface area contributed by atoms with Gasteiger partial charge in [0.15, 0.2) is 11.5 Å². The number of nitrogens with zero attached hydrogens (tertiary/aromatic N) is 1. The highest BCUT2D eigenvalue weighted by atomic mass is 35.5. The number of carbonyl (C=O) groups excluding carboxylic acids is 2. The maximum absolute atomic E-state index is 12.8. The molecule has 1 atom stereocenters. The summed E-state index contributed by atoms with van der Waals surface area (Å²) in [5.74, 6) is -3.48. The first-order valence-corrected chi connectivity index (χ1v) is 9.25. The van der Waals surface area contributed by atoms with Gasteiger partial charge >= 0.3 is 5.97 Å². The topological polar surface area (TPSA) is 124 Å². The number of halogens is 1. The van der Waals surface area contributed by atoms with E-state index < -0.39 is 29.5 Å². The number of benzene rings is 2. The van der Waals surface area contributed by atoms with Crippen molar-refractivity contribution in [1.29, 1.82) is 0 Å². The number of aliphatic hydroxyl groups is 1. The van der Waals surface area contributed by atoms with Crippen LogP contribution in [0.1, 0.15) is 23.6 Å². The van der Waals surface area contributed by atoms with Crippen molar-refractivity contribution in [3.63, 3.8) is 0 Å². The second-order valence-electron chi connectivity index (χ2n) is 6.57. The average molecular weight is 432 g/mol. The van der Waals surface area contributed by atoms with Crippen LogP contribution in [0.25, 0.3) is 5.76 Å². The second kappa shape index (κ2) is 8.46. The summed E-state index contributed by atoms with van der Waals surface area (Å²) in [7, 11) is 1.34. The van der Waals surface area contributed by atoms with Crippen LogP contribution in [-0.4, -0.2) is 51.5 Å².